The average molecular weight is 470 g/mol. The van der Waals surface area contributed by atoms with Gasteiger partial charge in [0, 0.05) is 37.2 Å². The number of nitrogens with zero attached hydrogens (tertiary/aromatic N) is 3. The molecular weight excluding hydrogens is 442 g/mol. The Morgan fingerprint density at radius 3 is 2.43 bits per heavy atom. The van der Waals surface area contributed by atoms with Crippen LogP contribution in [0.15, 0.2) is 79.1 Å². The number of imidazole rings is 1. The molecule has 2 saturated heterocycles. The maximum Gasteiger partial charge on any atom is 0.253 e. The van der Waals surface area contributed by atoms with Crippen LogP contribution >= 0.6 is 0 Å². The van der Waals surface area contributed by atoms with Crippen molar-refractivity contribution in [3.63, 3.8) is 0 Å². The Bertz CT molecular complexity index is 1320. The summed E-state index contributed by atoms with van der Waals surface area (Å²) in [6.45, 7) is 3.06. The van der Waals surface area contributed by atoms with E-state index in [9.17, 15) is 4.79 Å². The molecule has 2 aliphatic heterocycles. The van der Waals surface area contributed by atoms with Crippen molar-refractivity contribution in [2.75, 3.05) is 26.3 Å². The highest BCUT2D eigenvalue weighted by molar-refractivity contribution is 5.97. The van der Waals surface area contributed by atoms with Crippen LogP contribution in [0.4, 0.5) is 0 Å². The lowest BCUT2D eigenvalue weighted by Gasteiger charge is -2.37. The van der Waals surface area contributed by atoms with E-state index in [1.54, 1.807) is 6.33 Å². The number of carbonyl (C=O) groups excluding carboxylic acids is 1. The normalized spacial score (nSPS) is 17.2. The minimum atomic E-state index is -0.484. The Balaban J connectivity index is 1.14. The van der Waals surface area contributed by atoms with Crippen molar-refractivity contribution in [1.82, 2.24) is 14.5 Å². The van der Waals surface area contributed by atoms with Gasteiger partial charge in [0.1, 0.15) is 18.7 Å². The van der Waals surface area contributed by atoms with Crippen molar-refractivity contribution in [3.05, 3.63) is 90.3 Å². The third-order valence-corrected chi connectivity index (χ3v) is 6.78. The molecule has 0 saturated carbocycles. The number of ether oxygens (including phenoxy) is 3. The van der Waals surface area contributed by atoms with Crippen LogP contribution in [0, 0.1) is 0 Å². The summed E-state index contributed by atoms with van der Waals surface area (Å²) in [6, 6.07) is 23.8. The fourth-order valence-electron chi connectivity index (χ4n) is 4.81. The fraction of sp³-hybridized carbons (Fsp3) is 0.286. The summed E-state index contributed by atoms with van der Waals surface area (Å²) in [4.78, 5) is 19.6. The van der Waals surface area contributed by atoms with Gasteiger partial charge in [0.15, 0.2) is 5.79 Å². The van der Waals surface area contributed by atoms with Crippen LogP contribution in [-0.4, -0.2) is 52.4 Å². The monoisotopic (exact) mass is 469 g/mol. The second-order valence-corrected chi connectivity index (χ2v) is 8.99. The topological polar surface area (TPSA) is 65.8 Å². The molecule has 0 atom stereocenters. The molecule has 0 radical (unpaired) electrons. The summed E-state index contributed by atoms with van der Waals surface area (Å²) in [7, 11) is 0. The molecule has 1 amide bonds. The Morgan fingerprint density at radius 1 is 0.943 bits per heavy atom. The van der Waals surface area contributed by atoms with E-state index >= 15 is 0 Å². The Morgan fingerprint density at radius 2 is 1.69 bits per heavy atom. The number of hydrogen-bond donors (Lipinski definition) is 0. The van der Waals surface area contributed by atoms with E-state index in [1.165, 1.54) is 0 Å². The largest absolute Gasteiger partial charge is 0.489 e. The predicted octanol–water partition coefficient (Wildman–Crippen LogP) is 4.58. The molecule has 2 fully saturated rings. The molecule has 1 aromatic heterocycles. The molecule has 0 bridgehead atoms. The number of fused-ring (bicyclic) bond motifs is 1. The van der Waals surface area contributed by atoms with Gasteiger partial charge in [0.2, 0.25) is 0 Å². The molecule has 6 rings (SSSR count). The first-order valence-electron chi connectivity index (χ1n) is 12.0. The third kappa shape index (κ3) is 4.40. The van der Waals surface area contributed by atoms with Gasteiger partial charge < -0.3 is 19.1 Å². The van der Waals surface area contributed by atoms with Crippen molar-refractivity contribution in [1.29, 1.82) is 0 Å². The first-order valence-corrected chi connectivity index (χ1v) is 12.0. The molecular formula is C28H27N3O4. The summed E-state index contributed by atoms with van der Waals surface area (Å²) in [5, 5.41) is 0. The number of piperidine rings is 1. The summed E-state index contributed by atoms with van der Waals surface area (Å²) < 4.78 is 19.5. The molecule has 0 N–H and O–H groups in total. The lowest BCUT2D eigenvalue weighted by molar-refractivity contribution is -0.181. The predicted molar refractivity (Wildman–Crippen MR) is 132 cm³/mol. The quantitative estimate of drug-likeness (QED) is 0.428. The number of likely N-dealkylation sites (tertiary alicyclic amines) is 1. The van der Waals surface area contributed by atoms with Crippen molar-refractivity contribution in [2.45, 2.75) is 25.2 Å². The summed E-state index contributed by atoms with van der Waals surface area (Å²) in [5.41, 5.74) is 4.50. The van der Waals surface area contributed by atoms with Crippen LogP contribution in [0.5, 0.6) is 5.75 Å². The number of benzene rings is 3. The van der Waals surface area contributed by atoms with Crippen LogP contribution in [0.1, 0.15) is 28.8 Å². The number of amides is 1. The number of rotatable bonds is 5. The maximum absolute atomic E-state index is 13.1. The lowest BCUT2D eigenvalue weighted by atomic mass is 10.0. The average Bonchev–Trinajstić information content (AvgIpc) is 3.55. The van der Waals surface area contributed by atoms with E-state index in [-0.39, 0.29) is 5.91 Å². The molecule has 35 heavy (non-hydrogen) atoms. The van der Waals surface area contributed by atoms with E-state index in [0.717, 1.165) is 28.0 Å². The SMILES string of the molecule is O=C(c1ccc2c(c1)ncn2-c1ccc(OCc2ccccc2)cc1)N1CCC2(CC1)OCCO2. The van der Waals surface area contributed by atoms with Crippen molar-refractivity contribution in [3.8, 4) is 11.4 Å². The molecule has 0 aliphatic carbocycles. The van der Waals surface area contributed by atoms with Crippen LogP contribution in [0.3, 0.4) is 0 Å². The smallest absolute Gasteiger partial charge is 0.253 e. The molecule has 0 unspecified atom stereocenters. The second kappa shape index (κ2) is 9.17. The summed E-state index contributed by atoms with van der Waals surface area (Å²) >= 11 is 0. The minimum absolute atomic E-state index is 0.0224. The van der Waals surface area contributed by atoms with Gasteiger partial charge in [-0.15, -0.1) is 0 Å². The van der Waals surface area contributed by atoms with E-state index in [4.69, 9.17) is 14.2 Å². The van der Waals surface area contributed by atoms with Crippen molar-refractivity contribution in [2.24, 2.45) is 0 Å². The van der Waals surface area contributed by atoms with Crippen LogP contribution in [0.2, 0.25) is 0 Å². The standard InChI is InChI=1S/C28H27N3O4/c32-27(30-14-12-28(13-15-30)34-16-17-35-28)22-6-11-26-25(18-22)29-20-31(26)23-7-9-24(10-8-23)33-19-21-4-2-1-3-5-21/h1-11,18,20H,12-17,19H2. The van der Waals surface area contributed by atoms with Gasteiger partial charge in [-0.1, -0.05) is 30.3 Å². The molecule has 1 spiro atoms. The Hall–Kier alpha value is -3.68. The number of carbonyl (C=O) groups is 1. The zero-order valence-corrected chi connectivity index (χ0v) is 19.4. The van der Waals surface area contributed by atoms with Crippen LogP contribution in [0.25, 0.3) is 16.7 Å². The number of aromatic nitrogens is 2. The van der Waals surface area contributed by atoms with Crippen molar-refractivity contribution >= 4 is 16.9 Å². The lowest BCUT2D eigenvalue weighted by Crippen LogP contribution is -2.47. The first kappa shape index (κ1) is 21.8. The number of hydrogen-bond acceptors (Lipinski definition) is 5. The van der Waals surface area contributed by atoms with Crippen LogP contribution in [-0.2, 0) is 16.1 Å². The van der Waals surface area contributed by atoms with Gasteiger partial charge in [-0.25, -0.2) is 4.98 Å². The van der Waals surface area contributed by atoms with Gasteiger partial charge in [-0.3, -0.25) is 9.36 Å². The Labute approximate surface area is 203 Å². The highest BCUT2D eigenvalue weighted by Gasteiger charge is 2.40. The van der Waals surface area contributed by atoms with Gasteiger partial charge in [0.25, 0.3) is 5.91 Å². The van der Waals surface area contributed by atoms with Crippen LogP contribution < -0.4 is 4.74 Å². The molecule has 2 aliphatic rings. The Kier molecular flexibility index (Phi) is 5.72. The third-order valence-electron chi connectivity index (χ3n) is 6.78. The maximum atomic E-state index is 13.1. The van der Waals surface area contributed by atoms with Crippen molar-refractivity contribution < 1.29 is 19.0 Å². The molecule has 3 aromatic carbocycles. The van der Waals surface area contributed by atoms with Gasteiger partial charge >= 0.3 is 0 Å². The zero-order chi connectivity index (χ0) is 23.7. The molecule has 178 valence electrons. The molecule has 7 nitrogen and oxygen atoms in total. The van der Waals surface area contributed by atoms with Gasteiger partial charge in [-0.2, -0.15) is 0 Å². The van der Waals surface area contributed by atoms with E-state index in [0.29, 0.717) is 51.3 Å². The summed E-state index contributed by atoms with van der Waals surface area (Å²) in [5.74, 6) is 0.350. The molecule has 4 aromatic rings. The fourth-order valence-corrected chi connectivity index (χ4v) is 4.81. The second-order valence-electron chi connectivity index (χ2n) is 8.99. The first-order chi connectivity index (χ1) is 17.2. The zero-order valence-electron chi connectivity index (χ0n) is 19.4. The summed E-state index contributed by atoms with van der Waals surface area (Å²) in [6.07, 6.45) is 3.21. The van der Waals surface area contributed by atoms with E-state index in [1.807, 2.05) is 82.3 Å². The highest BCUT2D eigenvalue weighted by Crippen LogP contribution is 2.32. The van der Waals surface area contributed by atoms with Gasteiger partial charge in [-0.05, 0) is 48.0 Å². The highest BCUT2D eigenvalue weighted by atomic mass is 16.7. The molecule has 3 heterocycles. The van der Waals surface area contributed by atoms with E-state index < -0.39 is 5.79 Å². The van der Waals surface area contributed by atoms with Gasteiger partial charge in [0.05, 0.1) is 24.2 Å². The minimum Gasteiger partial charge on any atom is -0.489 e. The molecule has 7 heteroatoms. The van der Waals surface area contributed by atoms with E-state index in [2.05, 4.69) is 4.98 Å².